The molecule has 0 aliphatic carbocycles. The second kappa shape index (κ2) is 6.87. The highest BCUT2D eigenvalue weighted by atomic mass is 19.4. The van der Waals surface area contributed by atoms with Crippen LogP contribution in [-0.4, -0.2) is 27.1 Å². The van der Waals surface area contributed by atoms with Crippen molar-refractivity contribution in [2.45, 2.75) is 13.3 Å². The SMILES string of the molecule is CC(=O)c1nn(-c2ccc(OC(F)(F)F)cc2)nc1Nc1ccccc1. The number of halogens is 3. The van der Waals surface area contributed by atoms with E-state index < -0.39 is 6.36 Å². The van der Waals surface area contributed by atoms with E-state index in [9.17, 15) is 18.0 Å². The maximum absolute atomic E-state index is 12.2. The number of carbonyl (C=O) groups excluding carboxylic acids is 1. The zero-order chi connectivity index (χ0) is 18.7. The molecule has 0 aliphatic rings. The van der Waals surface area contributed by atoms with Crippen molar-refractivity contribution in [2.24, 2.45) is 0 Å². The molecular formula is C17H13F3N4O2. The summed E-state index contributed by atoms with van der Waals surface area (Å²) < 4.78 is 40.5. The molecule has 0 aliphatic heterocycles. The summed E-state index contributed by atoms with van der Waals surface area (Å²) in [7, 11) is 0. The van der Waals surface area contributed by atoms with Crippen molar-refractivity contribution in [2.75, 3.05) is 5.32 Å². The Morgan fingerprint density at radius 2 is 1.69 bits per heavy atom. The minimum Gasteiger partial charge on any atom is -0.406 e. The van der Waals surface area contributed by atoms with Gasteiger partial charge in [0.2, 0.25) is 0 Å². The predicted molar refractivity (Wildman–Crippen MR) is 87.8 cm³/mol. The minimum absolute atomic E-state index is 0.115. The molecule has 9 heteroatoms. The molecule has 134 valence electrons. The number of hydrogen-bond donors (Lipinski definition) is 1. The highest BCUT2D eigenvalue weighted by molar-refractivity contribution is 5.97. The number of aromatic nitrogens is 3. The molecule has 0 saturated heterocycles. The molecule has 0 bridgehead atoms. The van der Waals surface area contributed by atoms with E-state index in [-0.39, 0.29) is 23.0 Å². The summed E-state index contributed by atoms with van der Waals surface area (Å²) in [5.41, 5.74) is 1.21. The Bertz CT molecular complexity index is 906. The van der Waals surface area contributed by atoms with Crippen LogP contribution < -0.4 is 10.1 Å². The third-order valence-electron chi connectivity index (χ3n) is 3.28. The van der Waals surface area contributed by atoms with Crippen LogP contribution in [0, 0.1) is 0 Å². The van der Waals surface area contributed by atoms with Crippen LogP contribution in [0.4, 0.5) is 24.7 Å². The summed E-state index contributed by atoms with van der Waals surface area (Å²) in [4.78, 5) is 13.0. The zero-order valence-corrected chi connectivity index (χ0v) is 13.5. The third kappa shape index (κ3) is 4.18. The number of carbonyl (C=O) groups is 1. The van der Waals surface area contributed by atoms with Crippen molar-refractivity contribution >= 4 is 17.3 Å². The summed E-state index contributed by atoms with van der Waals surface area (Å²) in [6, 6.07) is 14.1. The number of hydrogen-bond acceptors (Lipinski definition) is 5. The number of Topliss-reactive ketones (excluding diaryl/α,β-unsaturated/α-hetero) is 1. The lowest BCUT2D eigenvalue weighted by molar-refractivity contribution is -0.274. The normalized spacial score (nSPS) is 11.2. The van der Waals surface area contributed by atoms with Gasteiger partial charge < -0.3 is 10.1 Å². The monoisotopic (exact) mass is 362 g/mol. The van der Waals surface area contributed by atoms with E-state index in [0.717, 1.165) is 17.8 Å². The van der Waals surface area contributed by atoms with Crippen LogP contribution in [0.3, 0.4) is 0 Å². The van der Waals surface area contributed by atoms with Gasteiger partial charge in [-0.05, 0) is 36.4 Å². The van der Waals surface area contributed by atoms with E-state index >= 15 is 0 Å². The Morgan fingerprint density at radius 3 is 2.27 bits per heavy atom. The van der Waals surface area contributed by atoms with Crippen molar-refractivity contribution in [3.63, 3.8) is 0 Å². The molecule has 1 heterocycles. The quantitative estimate of drug-likeness (QED) is 0.692. The number of rotatable bonds is 5. The number of para-hydroxylation sites is 1. The van der Waals surface area contributed by atoms with Crippen LogP contribution in [0.1, 0.15) is 17.4 Å². The minimum atomic E-state index is -4.76. The van der Waals surface area contributed by atoms with Gasteiger partial charge >= 0.3 is 6.36 Å². The zero-order valence-electron chi connectivity index (χ0n) is 13.5. The smallest absolute Gasteiger partial charge is 0.406 e. The molecular weight excluding hydrogens is 349 g/mol. The molecule has 1 N–H and O–H groups in total. The van der Waals surface area contributed by atoms with Gasteiger partial charge in [-0.25, -0.2) is 0 Å². The first-order valence-corrected chi connectivity index (χ1v) is 7.48. The first kappa shape index (κ1) is 17.5. The standard InChI is InChI=1S/C17H13F3N4O2/c1-11(25)15-16(21-12-5-3-2-4-6-12)23-24(22-15)13-7-9-14(10-8-13)26-17(18,19)20/h2-10H,1H3,(H,21,23). The van der Waals surface area contributed by atoms with Gasteiger partial charge in [0.1, 0.15) is 5.75 Å². The summed E-state index contributed by atoms with van der Waals surface area (Å²) in [6.45, 7) is 1.35. The van der Waals surface area contributed by atoms with Crippen LogP contribution >= 0.6 is 0 Å². The molecule has 6 nitrogen and oxygen atoms in total. The maximum Gasteiger partial charge on any atom is 0.573 e. The molecule has 0 spiro atoms. The van der Waals surface area contributed by atoms with Gasteiger partial charge in [0.25, 0.3) is 0 Å². The molecule has 3 aromatic rings. The fourth-order valence-electron chi connectivity index (χ4n) is 2.18. The molecule has 0 saturated carbocycles. The molecule has 26 heavy (non-hydrogen) atoms. The molecule has 2 aromatic carbocycles. The van der Waals surface area contributed by atoms with Gasteiger partial charge in [0.05, 0.1) is 5.69 Å². The highest BCUT2D eigenvalue weighted by Crippen LogP contribution is 2.24. The molecule has 0 unspecified atom stereocenters. The lowest BCUT2D eigenvalue weighted by Gasteiger charge is -2.08. The van der Waals surface area contributed by atoms with E-state index in [2.05, 4.69) is 20.3 Å². The van der Waals surface area contributed by atoms with Crippen LogP contribution in [0.15, 0.2) is 54.6 Å². The Morgan fingerprint density at radius 1 is 1.04 bits per heavy atom. The van der Waals surface area contributed by atoms with Crippen molar-refractivity contribution < 1.29 is 22.7 Å². The van der Waals surface area contributed by atoms with Gasteiger partial charge in [-0.2, -0.15) is 0 Å². The van der Waals surface area contributed by atoms with Crippen molar-refractivity contribution in [3.05, 3.63) is 60.3 Å². The number of nitrogens with one attached hydrogen (secondary N) is 1. The average Bonchev–Trinajstić information content (AvgIpc) is 2.99. The molecule has 0 fully saturated rings. The van der Waals surface area contributed by atoms with Gasteiger partial charge in [0.15, 0.2) is 17.3 Å². The van der Waals surface area contributed by atoms with Crippen LogP contribution in [0.5, 0.6) is 5.75 Å². The summed E-state index contributed by atoms with van der Waals surface area (Å²) >= 11 is 0. The lowest BCUT2D eigenvalue weighted by atomic mass is 10.3. The van der Waals surface area contributed by atoms with E-state index in [1.165, 1.54) is 23.9 Å². The average molecular weight is 362 g/mol. The van der Waals surface area contributed by atoms with Gasteiger partial charge in [-0.15, -0.1) is 28.2 Å². The fraction of sp³-hybridized carbons (Fsp3) is 0.118. The molecule has 3 rings (SSSR count). The number of anilines is 2. The predicted octanol–water partition coefficient (Wildman–Crippen LogP) is 4.11. The van der Waals surface area contributed by atoms with Gasteiger partial charge in [0, 0.05) is 12.6 Å². The van der Waals surface area contributed by atoms with E-state index in [0.29, 0.717) is 5.69 Å². The number of ether oxygens (including phenoxy) is 1. The number of nitrogens with zero attached hydrogens (tertiary/aromatic N) is 3. The molecule has 0 amide bonds. The lowest BCUT2D eigenvalue weighted by Crippen LogP contribution is -2.17. The van der Waals surface area contributed by atoms with Gasteiger partial charge in [-0.3, -0.25) is 4.79 Å². The van der Waals surface area contributed by atoms with Crippen molar-refractivity contribution in [1.29, 1.82) is 0 Å². The Kier molecular flexibility index (Phi) is 4.61. The third-order valence-corrected chi connectivity index (χ3v) is 3.28. The fourth-order valence-corrected chi connectivity index (χ4v) is 2.18. The van der Waals surface area contributed by atoms with Gasteiger partial charge in [-0.1, -0.05) is 18.2 Å². The van der Waals surface area contributed by atoms with Crippen LogP contribution in [0.25, 0.3) is 5.69 Å². The Hall–Kier alpha value is -3.36. The topological polar surface area (TPSA) is 69.0 Å². The number of ketones is 1. The summed E-state index contributed by atoms with van der Waals surface area (Å²) in [6.07, 6.45) is -4.76. The first-order chi connectivity index (χ1) is 12.3. The van der Waals surface area contributed by atoms with Crippen LogP contribution in [0.2, 0.25) is 0 Å². The summed E-state index contributed by atoms with van der Waals surface area (Å²) in [5.74, 6) is -0.408. The summed E-state index contributed by atoms with van der Waals surface area (Å²) in [5, 5.41) is 11.3. The highest BCUT2D eigenvalue weighted by Gasteiger charge is 2.31. The number of benzene rings is 2. The largest absolute Gasteiger partial charge is 0.573 e. The maximum atomic E-state index is 12.2. The van der Waals surface area contributed by atoms with Crippen molar-refractivity contribution in [1.82, 2.24) is 15.0 Å². The Labute approximate surface area is 146 Å². The second-order valence-electron chi connectivity index (χ2n) is 5.28. The van der Waals surface area contributed by atoms with E-state index in [4.69, 9.17) is 0 Å². The molecule has 1 aromatic heterocycles. The van der Waals surface area contributed by atoms with Crippen LogP contribution in [-0.2, 0) is 0 Å². The first-order valence-electron chi connectivity index (χ1n) is 7.48. The number of alkyl halides is 3. The van der Waals surface area contributed by atoms with Crippen molar-refractivity contribution in [3.8, 4) is 11.4 Å². The van der Waals surface area contributed by atoms with E-state index in [1.54, 1.807) is 12.1 Å². The molecule has 0 atom stereocenters. The second-order valence-corrected chi connectivity index (χ2v) is 5.28. The Balaban J connectivity index is 1.88. The van der Waals surface area contributed by atoms with E-state index in [1.807, 2.05) is 18.2 Å². The molecule has 0 radical (unpaired) electrons.